The van der Waals surface area contributed by atoms with Crippen LogP contribution in [0.15, 0.2) is 12.6 Å². The van der Waals surface area contributed by atoms with Crippen molar-refractivity contribution in [1.29, 1.82) is 0 Å². The highest BCUT2D eigenvalue weighted by molar-refractivity contribution is 7.98. The predicted octanol–water partition coefficient (Wildman–Crippen LogP) is 1.35. The van der Waals surface area contributed by atoms with E-state index >= 15 is 0 Å². The van der Waals surface area contributed by atoms with Crippen molar-refractivity contribution in [1.82, 2.24) is 4.72 Å². The molecular formula is C6H9BNOS. The van der Waals surface area contributed by atoms with E-state index in [2.05, 4.69) is 11.3 Å². The van der Waals surface area contributed by atoms with Crippen LogP contribution in [0.25, 0.3) is 0 Å². The molecule has 53 valence electrons. The van der Waals surface area contributed by atoms with Crippen LogP contribution in [0.1, 0.15) is 12.8 Å². The third-order valence-electron chi connectivity index (χ3n) is 1.12. The van der Waals surface area contributed by atoms with E-state index in [4.69, 9.17) is 0 Å². The minimum atomic E-state index is -0.0631. The smallest absolute Gasteiger partial charge is 0.262 e. The van der Waals surface area contributed by atoms with Gasteiger partial charge < -0.3 is 4.72 Å². The van der Waals surface area contributed by atoms with E-state index in [0.29, 0.717) is 5.25 Å². The predicted molar refractivity (Wildman–Crippen MR) is 45.1 cm³/mol. The fraction of sp³-hybridized carbons (Fsp3) is 0.500. The monoisotopic (exact) mass is 154 g/mol. The molecule has 0 bridgehead atoms. The van der Waals surface area contributed by atoms with Crippen LogP contribution < -0.4 is 4.72 Å². The highest BCUT2D eigenvalue weighted by Gasteiger charge is 2.22. The fourth-order valence-corrected chi connectivity index (χ4v) is 1.19. The van der Waals surface area contributed by atoms with Gasteiger partial charge in [-0.3, -0.25) is 4.79 Å². The number of nitrogens with one attached hydrogen (secondary N) is 1. The van der Waals surface area contributed by atoms with E-state index in [-0.39, 0.29) is 5.81 Å². The average Bonchev–Trinajstić information content (AvgIpc) is 2.67. The number of hydrogen-bond donors (Lipinski definition) is 1. The van der Waals surface area contributed by atoms with Gasteiger partial charge in [0.1, 0.15) is 0 Å². The molecule has 0 aromatic heterocycles. The van der Waals surface area contributed by atoms with Crippen molar-refractivity contribution in [3.05, 3.63) is 12.6 Å². The fourth-order valence-electron chi connectivity index (χ4n) is 0.468. The maximum absolute atomic E-state index is 10.7. The second-order valence-corrected chi connectivity index (χ2v) is 3.29. The first-order valence-electron chi connectivity index (χ1n) is 3.24. The van der Waals surface area contributed by atoms with Crippen molar-refractivity contribution in [2.75, 3.05) is 0 Å². The second kappa shape index (κ2) is 3.71. The zero-order valence-corrected chi connectivity index (χ0v) is 6.49. The van der Waals surface area contributed by atoms with Crippen molar-refractivity contribution >= 4 is 25.0 Å². The summed E-state index contributed by atoms with van der Waals surface area (Å²) in [5.41, 5.74) is 0. The van der Waals surface area contributed by atoms with Crippen LogP contribution in [0.2, 0.25) is 0 Å². The Hall–Kier alpha value is -0.375. The van der Waals surface area contributed by atoms with Crippen molar-refractivity contribution in [2.45, 2.75) is 18.1 Å². The number of amides is 1. The molecule has 0 aliphatic heterocycles. The van der Waals surface area contributed by atoms with Gasteiger partial charge in [0, 0.05) is 5.25 Å². The molecule has 1 amide bonds. The maximum Gasteiger partial charge on any atom is 0.262 e. The summed E-state index contributed by atoms with van der Waals surface area (Å²) in [7, 11) is 1.43. The largest absolute Gasteiger partial charge is 0.309 e. The molecule has 4 heteroatoms. The van der Waals surface area contributed by atoms with Crippen LogP contribution in [0.3, 0.4) is 0 Å². The van der Waals surface area contributed by atoms with Crippen LogP contribution in [-0.2, 0) is 0 Å². The Morgan fingerprint density at radius 1 is 1.80 bits per heavy atom. The summed E-state index contributed by atoms with van der Waals surface area (Å²) in [6, 6.07) is 0. The van der Waals surface area contributed by atoms with Crippen LogP contribution in [-0.4, -0.2) is 18.3 Å². The molecule has 0 saturated heterocycles. The summed E-state index contributed by atoms with van der Waals surface area (Å²) in [6.45, 7) is 3.42. The third-order valence-corrected chi connectivity index (χ3v) is 2.24. The van der Waals surface area contributed by atoms with Gasteiger partial charge in [-0.25, -0.2) is 0 Å². The summed E-state index contributed by atoms with van der Waals surface area (Å²) in [4.78, 5) is 10.7. The number of hydrogen-bond acceptors (Lipinski definition) is 2. The van der Waals surface area contributed by atoms with Gasteiger partial charge >= 0.3 is 0 Å². The van der Waals surface area contributed by atoms with E-state index in [0.717, 1.165) is 0 Å². The Bertz CT molecular complexity index is 147. The summed E-state index contributed by atoms with van der Waals surface area (Å²) in [6.07, 6.45) is 2.47. The van der Waals surface area contributed by atoms with Crippen molar-refractivity contribution < 1.29 is 4.79 Å². The third kappa shape index (κ3) is 2.96. The Morgan fingerprint density at radius 2 is 2.50 bits per heavy atom. The average molecular weight is 154 g/mol. The Labute approximate surface area is 65.8 Å². The number of carbonyl (C=O) groups is 1. The molecule has 1 radical (unpaired) electrons. The van der Waals surface area contributed by atoms with E-state index in [9.17, 15) is 4.79 Å². The van der Waals surface area contributed by atoms with Crippen molar-refractivity contribution in [3.63, 3.8) is 0 Å². The Morgan fingerprint density at radius 3 is 3.00 bits per heavy atom. The quantitative estimate of drug-likeness (QED) is 0.489. The number of carbonyl (C=O) groups excluding carboxylic acids is 1. The molecule has 0 aromatic rings. The van der Waals surface area contributed by atoms with Crippen molar-refractivity contribution in [3.8, 4) is 0 Å². The minimum absolute atomic E-state index is 0.0631. The van der Waals surface area contributed by atoms with Gasteiger partial charge in [0.15, 0.2) is 5.81 Å². The first-order valence-corrected chi connectivity index (χ1v) is 4.12. The van der Waals surface area contributed by atoms with Gasteiger partial charge in [0.25, 0.3) is 7.28 Å². The molecule has 1 rings (SSSR count). The molecule has 2 nitrogen and oxygen atoms in total. The first-order chi connectivity index (χ1) is 4.83. The molecule has 0 unspecified atom stereocenters. The van der Waals surface area contributed by atoms with Gasteiger partial charge in [-0.1, -0.05) is 0 Å². The van der Waals surface area contributed by atoms with Crippen LogP contribution in [0, 0.1) is 0 Å². The van der Waals surface area contributed by atoms with Gasteiger partial charge in [-0.2, -0.15) is 0 Å². The Kier molecular flexibility index (Phi) is 2.87. The standard InChI is InChI=1S/C6H9BNOS/c1-2-7-6(9)8-10-5-3-4-5/h2,5H,1,3-4H2,(H,8,9). The van der Waals surface area contributed by atoms with E-state index in [1.807, 2.05) is 0 Å². The lowest BCUT2D eigenvalue weighted by Gasteiger charge is -1.97. The minimum Gasteiger partial charge on any atom is -0.309 e. The lowest BCUT2D eigenvalue weighted by Crippen LogP contribution is -2.19. The summed E-state index contributed by atoms with van der Waals surface area (Å²) >= 11 is 1.51. The zero-order valence-electron chi connectivity index (χ0n) is 5.67. The molecular weight excluding hydrogens is 145 g/mol. The molecule has 1 saturated carbocycles. The highest BCUT2D eigenvalue weighted by atomic mass is 32.2. The molecule has 0 atom stereocenters. The van der Waals surface area contributed by atoms with Crippen LogP contribution in [0.4, 0.5) is 4.79 Å². The second-order valence-electron chi connectivity index (χ2n) is 2.19. The van der Waals surface area contributed by atoms with Gasteiger partial charge in [-0.05, 0) is 24.8 Å². The lowest BCUT2D eigenvalue weighted by molar-refractivity contribution is 0.264. The highest BCUT2D eigenvalue weighted by Crippen LogP contribution is 2.31. The molecule has 0 heterocycles. The molecule has 1 aliphatic rings. The normalized spacial score (nSPS) is 16.0. The summed E-state index contributed by atoms with van der Waals surface area (Å²) in [5.74, 6) is 1.43. The van der Waals surface area contributed by atoms with Gasteiger partial charge in [0.2, 0.25) is 0 Å². The summed E-state index contributed by atoms with van der Waals surface area (Å²) in [5, 5.41) is 0.669. The Balaban J connectivity index is 1.99. The summed E-state index contributed by atoms with van der Waals surface area (Å²) < 4.78 is 2.70. The molecule has 0 spiro atoms. The van der Waals surface area contributed by atoms with E-state index in [1.54, 1.807) is 0 Å². The zero-order chi connectivity index (χ0) is 7.40. The molecule has 1 N–H and O–H groups in total. The SMILES string of the molecule is C=C[B]C(=O)NSC1CC1. The molecule has 0 aromatic carbocycles. The molecule has 1 aliphatic carbocycles. The lowest BCUT2D eigenvalue weighted by atomic mass is 9.79. The van der Waals surface area contributed by atoms with Gasteiger partial charge in [-0.15, -0.1) is 12.6 Å². The van der Waals surface area contributed by atoms with Crippen LogP contribution >= 0.6 is 11.9 Å². The molecule has 10 heavy (non-hydrogen) atoms. The first kappa shape index (κ1) is 7.73. The van der Waals surface area contributed by atoms with E-state index < -0.39 is 0 Å². The van der Waals surface area contributed by atoms with Crippen molar-refractivity contribution in [2.24, 2.45) is 0 Å². The number of rotatable bonds is 4. The molecule has 1 fully saturated rings. The van der Waals surface area contributed by atoms with Gasteiger partial charge in [0.05, 0.1) is 0 Å². The van der Waals surface area contributed by atoms with E-state index in [1.165, 1.54) is 38.0 Å². The maximum atomic E-state index is 10.7. The topological polar surface area (TPSA) is 29.1 Å². The van der Waals surface area contributed by atoms with Crippen LogP contribution in [0.5, 0.6) is 0 Å².